The number of nitrogens with zero attached hydrogens (tertiary/aromatic N) is 3. The molecule has 0 bridgehead atoms. The molecule has 10 nitrogen and oxygen atoms in total. The number of rotatable bonds is 10. The summed E-state index contributed by atoms with van der Waals surface area (Å²) in [5, 5.41) is 9.40. The van der Waals surface area contributed by atoms with Crippen molar-refractivity contribution >= 4 is 23.4 Å². The number of thiazole rings is 1. The molecule has 1 aromatic heterocycles. The molecule has 0 unspecified atom stereocenters. The zero-order chi connectivity index (χ0) is 32.2. The van der Waals surface area contributed by atoms with Crippen molar-refractivity contribution in [3.63, 3.8) is 0 Å². The number of hydrogen-bond donors (Lipinski definition) is 0. The van der Waals surface area contributed by atoms with E-state index in [9.17, 15) is 14.9 Å². The lowest BCUT2D eigenvalue weighted by atomic mass is 9.94. The van der Waals surface area contributed by atoms with Gasteiger partial charge in [-0.2, -0.15) is 5.26 Å². The number of aromatic nitrogens is 1. The Labute approximate surface area is 269 Å². The van der Waals surface area contributed by atoms with E-state index in [1.807, 2.05) is 31.2 Å². The van der Waals surface area contributed by atoms with Gasteiger partial charge in [-0.1, -0.05) is 55.0 Å². The third-order valence-electron chi connectivity index (χ3n) is 7.61. The zero-order valence-electron chi connectivity index (χ0n) is 25.6. The van der Waals surface area contributed by atoms with E-state index in [2.05, 4.69) is 6.07 Å². The van der Waals surface area contributed by atoms with Gasteiger partial charge in [0.2, 0.25) is 6.79 Å². The Kier molecular flexibility index (Phi) is 8.90. The van der Waals surface area contributed by atoms with Gasteiger partial charge in [0.25, 0.3) is 5.56 Å². The van der Waals surface area contributed by atoms with Gasteiger partial charge in [-0.25, -0.2) is 9.79 Å². The molecular weight excluding hydrogens is 606 g/mol. The zero-order valence-corrected chi connectivity index (χ0v) is 26.4. The highest BCUT2D eigenvalue weighted by Gasteiger charge is 2.35. The molecular formula is C35H31N3O7S. The number of benzene rings is 3. The minimum Gasteiger partial charge on any atom is -0.493 e. The lowest BCUT2D eigenvalue weighted by molar-refractivity contribution is -0.139. The van der Waals surface area contributed by atoms with Crippen molar-refractivity contribution in [2.75, 3.05) is 20.5 Å². The number of carbonyl (C=O) groups excluding carboxylic acids is 1. The largest absolute Gasteiger partial charge is 0.493 e. The van der Waals surface area contributed by atoms with Crippen LogP contribution >= 0.6 is 11.3 Å². The Morgan fingerprint density at radius 2 is 1.93 bits per heavy atom. The third-order valence-corrected chi connectivity index (χ3v) is 8.59. The number of nitriles is 1. The van der Waals surface area contributed by atoms with Crippen molar-refractivity contribution in [2.24, 2.45) is 4.99 Å². The maximum atomic E-state index is 14.1. The fourth-order valence-electron chi connectivity index (χ4n) is 5.47. The number of ether oxygens (including phenoxy) is 5. The quantitative estimate of drug-likeness (QED) is 0.228. The van der Waals surface area contributed by atoms with E-state index in [0.29, 0.717) is 66.7 Å². The first-order valence-corrected chi connectivity index (χ1v) is 15.7. The molecule has 0 aliphatic carbocycles. The molecule has 0 radical (unpaired) electrons. The van der Waals surface area contributed by atoms with Crippen LogP contribution in [0.4, 0.5) is 0 Å². The van der Waals surface area contributed by atoms with Gasteiger partial charge < -0.3 is 23.7 Å². The Bertz CT molecular complexity index is 2070. The molecule has 3 aromatic carbocycles. The van der Waals surface area contributed by atoms with Gasteiger partial charge in [-0.3, -0.25) is 9.36 Å². The maximum absolute atomic E-state index is 14.1. The van der Waals surface area contributed by atoms with Gasteiger partial charge in [0.1, 0.15) is 6.61 Å². The minimum atomic E-state index is -0.768. The van der Waals surface area contributed by atoms with E-state index >= 15 is 0 Å². The molecule has 6 rings (SSSR count). The molecule has 234 valence electrons. The first kappa shape index (κ1) is 30.7. The summed E-state index contributed by atoms with van der Waals surface area (Å²) >= 11 is 1.25. The monoisotopic (exact) mass is 637 g/mol. The highest BCUT2D eigenvalue weighted by molar-refractivity contribution is 7.07. The number of allylic oxidation sites excluding steroid dienone is 1. The fraction of sp³-hybridized carbons (Fsp3) is 0.257. The van der Waals surface area contributed by atoms with E-state index in [4.69, 9.17) is 28.7 Å². The Hall–Kier alpha value is -5.34. The second-order valence-corrected chi connectivity index (χ2v) is 11.5. The number of hydrogen-bond acceptors (Lipinski definition) is 10. The average molecular weight is 638 g/mol. The second-order valence-electron chi connectivity index (χ2n) is 10.5. The molecule has 0 saturated heterocycles. The van der Waals surface area contributed by atoms with Crippen LogP contribution in [0.1, 0.15) is 55.0 Å². The highest BCUT2D eigenvalue weighted by atomic mass is 32.1. The van der Waals surface area contributed by atoms with E-state index in [0.717, 1.165) is 12.0 Å². The molecule has 4 aromatic rings. The van der Waals surface area contributed by atoms with Gasteiger partial charge in [-0.05, 0) is 60.9 Å². The molecule has 2 aliphatic heterocycles. The molecule has 0 saturated carbocycles. The lowest BCUT2D eigenvalue weighted by Gasteiger charge is -2.25. The van der Waals surface area contributed by atoms with Crippen LogP contribution in [0.5, 0.6) is 23.0 Å². The SMILES string of the molecule is CCCC1=C(C(=O)OCC)[C@H](c2ccc3c(c2)OCO3)n2c(s/c(=C/c3ccc(OCc4ccccc4C#N)c(OC)c3)c2=O)=N1. The van der Waals surface area contributed by atoms with Gasteiger partial charge in [0.15, 0.2) is 27.8 Å². The summed E-state index contributed by atoms with van der Waals surface area (Å²) in [6, 6.07) is 19.5. The van der Waals surface area contributed by atoms with Gasteiger partial charge in [0.05, 0.1) is 47.2 Å². The summed E-state index contributed by atoms with van der Waals surface area (Å²) in [7, 11) is 1.54. The number of carbonyl (C=O) groups is 1. The molecule has 0 amide bonds. The minimum absolute atomic E-state index is 0.101. The van der Waals surface area contributed by atoms with Crippen molar-refractivity contribution < 1.29 is 28.5 Å². The van der Waals surface area contributed by atoms with Gasteiger partial charge in [0, 0.05) is 5.56 Å². The van der Waals surface area contributed by atoms with Crippen LogP contribution in [-0.4, -0.2) is 31.0 Å². The normalized spacial score (nSPS) is 15.2. The summed E-state index contributed by atoms with van der Waals surface area (Å²) in [5.41, 5.74) is 3.34. The Morgan fingerprint density at radius 3 is 2.72 bits per heavy atom. The lowest BCUT2D eigenvalue weighted by Crippen LogP contribution is -2.40. The predicted molar refractivity (Wildman–Crippen MR) is 171 cm³/mol. The van der Waals surface area contributed by atoms with Gasteiger partial charge >= 0.3 is 5.97 Å². The standard InChI is InChI=1S/C35H31N3O7S/c1-4-8-25-31(34(40)42-5-2)32(22-12-14-27-29(17-22)45-20-44-27)38-33(39)30(46-35(38)37-25)16-21-11-13-26(28(15-21)41-3)43-19-24-10-7-6-9-23(24)18-36/h6-7,9-17,32H,4-5,8,19-20H2,1-3H3/b30-16+/t32-/m0/s1. The molecule has 3 heterocycles. The van der Waals surface area contributed by atoms with Crippen LogP contribution in [-0.2, 0) is 16.1 Å². The summed E-state index contributed by atoms with van der Waals surface area (Å²) in [4.78, 5) is 32.9. The first-order chi connectivity index (χ1) is 22.4. The number of esters is 1. The number of methoxy groups -OCH3 is 1. The van der Waals surface area contributed by atoms with Crippen molar-refractivity contribution in [3.05, 3.63) is 114 Å². The molecule has 1 atom stereocenters. The van der Waals surface area contributed by atoms with Crippen LogP contribution in [0.3, 0.4) is 0 Å². The molecule has 2 aliphatic rings. The highest BCUT2D eigenvalue weighted by Crippen LogP contribution is 2.39. The third kappa shape index (κ3) is 5.87. The van der Waals surface area contributed by atoms with Crippen molar-refractivity contribution in [1.82, 2.24) is 4.57 Å². The van der Waals surface area contributed by atoms with Crippen LogP contribution in [0.15, 0.2) is 81.7 Å². The first-order valence-electron chi connectivity index (χ1n) is 14.9. The van der Waals surface area contributed by atoms with Crippen LogP contribution < -0.4 is 33.8 Å². The Morgan fingerprint density at radius 1 is 1.11 bits per heavy atom. The summed E-state index contributed by atoms with van der Waals surface area (Å²) in [5.74, 6) is 1.61. The van der Waals surface area contributed by atoms with E-state index in [1.165, 1.54) is 11.3 Å². The van der Waals surface area contributed by atoms with Crippen molar-refractivity contribution in [1.29, 1.82) is 5.26 Å². The summed E-state index contributed by atoms with van der Waals surface area (Å²) < 4.78 is 30.2. The van der Waals surface area contributed by atoms with Crippen LogP contribution in [0.2, 0.25) is 0 Å². The van der Waals surface area contributed by atoms with Crippen LogP contribution in [0.25, 0.3) is 6.08 Å². The molecule has 0 fully saturated rings. The van der Waals surface area contributed by atoms with Crippen molar-refractivity contribution in [2.45, 2.75) is 39.3 Å². The topological polar surface area (TPSA) is 121 Å². The fourth-order valence-corrected chi connectivity index (χ4v) is 6.49. The summed E-state index contributed by atoms with van der Waals surface area (Å²) in [6.07, 6.45) is 3.06. The van der Waals surface area contributed by atoms with E-state index in [-0.39, 0.29) is 25.6 Å². The predicted octanol–water partition coefficient (Wildman–Crippen LogP) is 4.77. The van der Waals surface area contributed by atoms with Crippen LogP contribution in [0, 0.1) is 11.3 Å². The van der Waals surface area contributed by atoms with Gasteiger partial charge in [-0.15, -0.1) is 0 Å². The second kappa shape index (κ2) is 13.3. The van der Waals surface area contributed by atoms with E-state index < -0.39 is 12.0 Å². The molecule has 46 heavy (non-hydrogen) atoms. The van der Waals surface area contributed by atoms with E-state index in [1.54, 1.807) is 61.1 Å². The Balaban J connectivity index is 1.42. The summed E-state index contributed by atoms with van der Waals surface area (Å²) in [6.45, 7) is 4.24. The van der Waals surface area contributed by atoms with Crippen molar-refractivity contribution in [3.8, 4) is 29.1 Å². The molecule has 0 spiro atoms. The average Bonchev–Trinajstić information content (AvgIpc) is 3.67. The molecule has 0 N–H and O–H groups in total. The molecule has 11 heteroatoms. The maximum Gasteiger partial charge on any atom is 0.338 e. The number of fused-ring (bicyclic) bond motifs is 2. The smallest absolute Gasteiger partial charge is 0.338 e.